The van der Waals surface area contributed by atoms with E-state index < -0.39 is 0 Å². The highest BCUT2D eigenvalue weighted by atomic mass is 35.5. The minimum atomic E-state index is -0.156. The number of nitrogens with one attached hydrogen (secondary N) is 1. The number of methoxy groups -OCH3 is 1. The van der Waals surface area contributed by atoms with Crippen molar-refractivity contribution in [1.29, 1.82) is 0 Å². The molecule has 7 heteroatoms. The molecule has 3 aromatic rings. The SMILES string of the molecule is COc1ccc(CNc2ccc3c(n2)OCC(=O)N3c2ccc(Cl)cc2)c(C)c1. The third-order valence-corrected chi connectivity index (χ3v) is 5.01. The Bertz CT molecular complexity index is 1050. The van der Waals surface area contributed by atoms with E-state index in [0.717, 1.165) is 22.6 Å². The van der Waals surface area contributed by atoms with E-state index in [2.05, 4.69) is 10.3 Å². The first-order valence-electron chi connectivity index (χ1n) is 9.15. The average Bonchev–Trinajstić information content (AvgIpc) is 2.73. The second-order valence-electron chi connectivity index (χ2n) is 6.66. The highest BCUT2D eigenvalue weighted by Crippen LogP contribution is 2.37. The van der Waals surface area contributed by atoms with Crippen molar-refractivity contribution in [2.24, 2.45) is 0 Å². The summed E-state index contributed by atoms with van der Waals surface area (Å²) < 4.78 is 10.8. The zero-order valence-electron chi connectivity index (χ0n) is 16.1. The molecule has 1 N–H and O–H groups in total. The van der Waals surface area contributed by atoms with Crippen LogP contribution in [0.3, 0.4) is 0 Å². The summed E-state index contributed by atoms with van der Waals surface area (Å²) in [5.41, 5.74) is 3.60. The number of aryl methyl sites for hydroxylation is 1. The first-order valence-corrected chi connectivity index (χ1v) is 9.53. The fraction of sp³-hybridized carbons (Fsp3) is 0.182. The lowest BCUT2D eigenvalue weighted by Gasteiger charge is -2.29. The molecule has 6 nitrogen and oxygen atoms in total. The molecule has 1 aromatic heterocycles. The van der Waals surface area contributed by atoms with Gasteiger partial charge in [-0.05, 0) is 66.6 Å². The number of amides is 1. The number of rotatable bonds is 5. The molecule has 1 aliphatic rings. The highest BCUT2D eigenvalue weighted by molar-refractivity contribution is 6.30. The van der Waals surface area contributed by atoms with Gasteiger partial charge in [0, 0.05) is 17.3 Å². The number of pyridine rings is 1. The molecule has 0 bridgehead atoms. The summed E-state index contributed by atoms with van der Waals surface area (Å²) in [6.45, 7) is 2.59. The largest absolute Gasteiger partial charge is 0.497 e. The van der Waals surface area contributed by atoms with E-state index in [1.165, 1.54) is 0 Å². The van der Waals surface area contributed by atoms with Gasteiger partial charge in [0.15, 0.2) is 6.61 Å². The summed E-state index contributed by atoms with van der Waals surface area (Å²) in [4.78, 5) is 18.6. The number of fused-ring (bicyclic) bond motifs is 1. The molecule has 1 aliphatic heterocycles. The van der Waals surface area contributed by atoms with Gasteiger partial charge in [0.1, 0.15) is 17.3 Å². The Morgan fingerprint density at radius 2 is 1.97 bits per heavy atom. The molecule has 29 heavy (non-hydrogen) atoms. The van der Waals surface area contributed by atoms with Crippen LogP contribution in [0.5, 0.6) is 11.6 Å². The molecule has 0 saturated heterocycles. The van der Waals surface area contributed by atoms with Gasteiger partial charge >= 0.3 is 0 Å². The molecule has 0 aliphatic carbocycles. The van der Waals surface area contributed by atoms with E-state index in [1.807, 2.05) is 37.3 Å². The highest BCUT2D eigenvalue weighted by Gasteiger charge is 2.28. The molecule has 1 amide bonds. The maximum absolute atomic E-state index is 12.4. The van der Waals surface area contributed by atoms with Crippen molar-refractivity contribution in [2.45, 2.75) is 13.5 Å². The summed E-state index contributed by atoms with van der Waals surface area (Å²) in [7, 11) is 1.65. The number of nitrogens with zero attached hydrogens (tertiary/aromatic N) is 2. The number of ether oxygens (including phenoxy) is 2. The Hall–Kier alpha value is -3.25. The van der Waals surface area contributed by atoms with E-state index >= 15 is 0 Å². The monoisotopic (exact) mass is 409 g/mol. The van der Waals surface area contributed by atoms with E-state index in [1.54, 1.807) is 36.3 Å². The standard InChI is InChI=1S/C22H20ClN3O3/c1-14-11-18(28-2)8-3-15(14)12-24-20-10-9-19-22(25-20)29-13-21(27)26(19)17-6-4-16(23)5-7-17/h3-11H,12-13H2,1-2H3,(H,24,25). The van der Waals surface area contributed by atoms with Gasteiger partial charge in [0.25, 0.3) is 5.91 Å². The molecule has 148 valence electrons. The second-order valence-corrected chi connectivity index (χ2v) is 7.10. The quantitative estimate of drug-likeness (QED) is 0.660. The molecule has 0 spiro atoms. The van der Waals surface area contributed by atoms with Crippen LogP contribution in [0.15, 0.2) is 54.6 Å². The zero-order chi connectivity index (χ0) is 20.4. The lowest BCUT2D eigenvalue weighted by atomic mass is 10.1. The first kappa shape index (κ1) is 19.1. The van der Waals surface area contributed by atoms with Gasteiger partial charge in [-0.1, -0.05) is 17.7 Å². The van der Waals surface area contributed by atoms with E-state index in [9.17, 15) is 4.79 Å². The Morgan fingerprint density at radius 1 is 1.17 bits per heavy atom. The first-order chi connectivity index (χ1) is 14.0. The van der Waals surface area contributed by atoms with E-state index in [-0.39, 0.29) is 12.5 Å². The number of hydrogen-bond donors (Lipinski definition) is 1. The number of aromatic nitrogens is 1. The Labute approximate surface area is 174 Å². The van der Waals surface area contributed by atoms with Gasteiger partial charge < -0.3 is 14.8 Å². The van der Waals surface area contributed by atoms with Crippen molar-refractivity contribution >= 4 is 34.7 Å². The number of carbonyl (C=O) groups is 1. The van der Waals surface area contributed by atoms with Crippen molar-refractivity contribution in [2.75, 3.05) is 23.9 Å². The van der Waals surface area contributed by atoms with E-state index in [0.29, 0.717) is 29.0 Å². The minimum Gasteiger partial charge on any atom is -0.497 e. The molecule has 2 aromatic carbocycles. The average molecular weight is 410 g/mol. The van der Waals surface area contributed by atoms with Gasteiger partial charge in [-0.25, -0.2) is 0 Å². The van der Waals surface area contributed by atoms with Crippen LogP contribution in [0.25, 0.3) is 0 Å². The molecule has 0 fully saturated rings. The van der Waals surface area contributed by atoms with Crippen LogP contribution in [0.4, 0.5) is 17.2 Å². The minimum absolute atomic E-state index is 0.0658. The van der Waals surface area contributed by atoms with Crippen LogP contribution in [-0.2, 0) is 11.3 Å². The number of halogens is 1. The number of hydrogen-bond acceptors (Lipinski definition) is 5. The molecule has 0 atom stereocenters. The van der Waals surface area contributed by atoms with Crippen LogP contribution in [-0.4, -0.2) is 24.6 Å². The fourth-order valence-corrected chi connectivity index (χ4v) is 3.32. The third-order valence-electron chi connectivity index (χ3n) is 4.76. The fourth-order valence-electron chi connectivity index (χ4n) is 3.19. The van der Waals surface area contributed by atoms with Crippen molar-refractivity contribution in [3.8, 4) is 11.6 Å². The smallest absolute Gasteiger partial charge is 0.269 e. The van der Waals surface area contributed by atoms with E-state index in [4.69, 9.17) is 21.1 Å². The molecular weight excluding hydrogens is 390 g/mol. The molecular formula is C22H20ClN3O3. The van der Waals surface area contributed by atoms with Gasteiger partial charge in [0.2, 0.25) is 5.88 Å². The summed E-state index contributed by atoms with van der Waals surface area (Å²) in [6, 6.07) is 16.7. The molecule has 2 heterocycles. The molecule has 0 radical (unpaired) electrons. The van der Waals surface area contributed by atoms with Gasteiger partial charge in [-0.15, -0.1) is 0 Å². The molecule has 4 rings (SSSR count). The predicted molar refractivity (Wildman–Crippen MR) is 113 cm³/mol. The van der Waals surface area contributed by atoms with Gasteiger partial charge in [-0.2, -0.15) is 4.98 Å². The third kappa shape index (κ3) is 3.98. The van der Waals surface area contributed by atoms with Crippen molar-refractivity contribution in [1.82, 2.24) is 4.98 Å². The van der Waals surface area contributed by atoms with Crippen molar-refractivity contribution < 1.29 is 14.3 Å². The summed E-state index contributed by atoms with van der Waals surface area (Å²) in [5, 5.41) is 3.92. The Morgan fingerprint density at radius 3 is 2.69 bits per heavy atom. The predicted octanol–water partition coefficient (Wildman–Crippen LogP) is 4.72. The number of carbonyl (C=O) groups excluding carboxylic acids is 1. The lowest BCUT2D eigenvalue weighted by molar-refractivity contribution is -0.120. The second kappa shape index (κ2) is 8.01. The van der Waals surface area contributed by atoms with Crippen LogP contribution < -0.4 is 19.7 Å². The van der Waals surface area contributed by atoms with Gasteiger partial charge in [0.05, 0.1) is 7.11 Å². The summed E-state index contributed by atoms with van der Waals surface area (Å²) >= 11 is 5.97. The molecule has 0 unspecified atom stereocenters. The maximum atomic E-state index is 12.4. The van der Waals surface area contributed by atoms with Crippen LogP contribution >= 0.6 is 11.6 Å². The van der Waals surface area contributed by atoms with Crippen LogP contribution in [0.1, 0.15) is 11.1 Å². The van der Waals surface area contributed by atoms with Crippen molar-refractivity contribution in [3.05, 3.63) is 70.7 Å². The molecule has 0 saturated carbocycles. The van der Waals surface area contributed by atoms with Crippen LogP contribution in [0.2, 0.25) is 5.02 Å². The normalized spacial score (nSPS) is 12.9. The lowest BCUT2D eigenvalue weighted by Crippen LogP contribution is -2.35. The summed E-state index contributed by atoms with van der Waals surface area (Å²) in [6.07, 6.45) is 0. The van der Waals surface area contributed by atoms with Crippen LogP contribution in [0, 0.1) is 6.92 Å². The summed E-state index contributed by atoms with van der Waals surface area (Å²) in [5.74, 6) is 1.76. The Kier molecular flexibility index (Phi) is 5.27. The Balaban J connectivity index is 1.55. The van der Waals surface area contributed by atoms with Crippen molar-refractivity contribution in [3.63, 3.8) is 0 Å². The van der Waals surface area contributed by atoms with Gasteiger partial charge in [-0.3, -0.25) is 9.69 Å². The number of anilines is 3. The zero-order valence-corrected chi connectivity index (χ0v) is 16.9. The number of benzene rings is 2. The topological polar surface area (TPSA) is 63.7 Å². The maximum Gasteiger partial charge on any atom is 0.269 e.